The van der Waals surface area contributed by atoms with E-state index in [1.165, 1.54) is 19.1 Å². The third kappa shape index (κ3) is 6.15. The van der Waals surface area contributed by atoms with Crippen molar-refractivity contribution in [3.63, 3.8) is 0 Å². The molecule has 0 aromatic heterocycles. The maximum absolute atomic E-state index is 11.0. The van der Waals surface area contributed by atoms with Gasteiger partial charge in [-0.05, 0) is 37.6 Å². The van der Waals surface area contributed by atoms with E-state index in [9.17, 15) is 8.42 Å². The monoisotopic (exact) mass is 233 g/mol. The Bertz CT molecular complexity index is 283. The van der Waals surface area contributed by atoms with Crippen LogP contribution in [-0.2, 0) is 9.84 Å². The molecule has 0 aromatic rings. The van der Waals surface area contributed by atoms with E-state index in [-0.39, 0.29) is 0 Å². The summed E-state index contributed by atoms with van der Waals surface area (Å²) in [5, 5.41) is 3.48. The molecule has 0 saturated heterocycles. The SMILES string of the molecule is CC(CCS(C)(=O)=O)C(C)CNC1CC1. The molecule has 1 N–H and O–H groups in total. The number of hydrogen-bond acceptors (Lipinski definition) is 3. The highest BCUT2D eigenvalue weighted by molar-refractivity contribution is 7.90. The highest BCUT2D eigenvalue weighted by atomic mass is 32.2. The molecule has 90 valence electrons. The van der Waals surface area contributed by atoms with E-state index in [0.717, 1.165) is 19.0 Å². The highest BCUT2D eigenvalue weighted by Crippen LogP contribution is 2.21. The minimum atomic E-state index is -2.79. The second-order valence-electron chi connectivity index (χ2n) is 5.06. The molecule has 0 bridgehead atoms. The van der Waals surface area contributed by atoms with Crippen molar-refractivity contribution in [2.24, 2.45) is 11.8 Å². The summed E-state index contributed by atoms with van der Waals surface area (Å²) in [4.78, 5) is 0. The number of nitrogens with one attached hydrogen (secondary N) is 1. The van der Waals surface area contributed by atoms with Gasteiger partial charge >= 0.3 is 0 Å². The largest absolute Gasteiger partial charge is 0.314 e. The zero-order chi connectivity index (χ0) is 11.5. The molecule has 1 rings (SSSR count). The fourth-order valence-corrected chi connectivity index (χ4v) is 2.33. The van der Waals surface area contributed by atoms with E-state index in [4.69, 9.17) is 0 Å². The third-order valence-electron chi connectivity index (χ3n) is 3.22. The van der Waals surface area contributed by atoms with E-state index in [2.05, 4.69) is 19.2 Å². The van der Waals surface area contributed by atoms with Crippen LogP contribution >= 0.6 is 0 Å². The van der Waals surface area contributed by atoms with Crippen LogP contribution in [0.4, 0.5) is 0 Å². The molecule has 0 aliphatic heterocycles. The molecule has 15 heavy (non-hydrogen) atoms. The van der Waals surface area contributed by atoms with Crippen LogP contribution in [0.3, 0.4) is 0 Å². The highest BCUT2D eigenvalue weighted by Gasteiger charge is 2.22. The standard InChI is InChI=1S/C11H23NO2S/c1-9(6-7-15(3,13)14)10(2)8-12-11-4-5-11/h9-12H,4-8H2,1-3H3. The summed E-state index contributed by atoms with van der Waals surface area (Å²) in [6.45, 7) is 5.36. The van der Waals surface area contributed by atoms with Crippen molar-refractivity contribution in [3.8, 4) is 0 Å². The van der Waals surface area contributed by atoms with Gasteiger partial charge in [-0.2, -0.15) is 0 Å². The van der Waals surface area contributed by atoms with Crippen LogP contribution in [0.1, 0.15) is 33.1 Å². The second kappa shape index (κ2) is 5.30. The summed E-state index contributed by atoms with van der Waals surface area (Å²) in [7, 11) is -2.79. The topological polar surface area (TPSA) is 46.2 Å². The van der Waals surface area contributed by atoms with Crippen molar-refractivity contribution in [1.29, 1.82) is 0 Å². The Hall–Kier alpha value is -0.0900. The van der Waals surface area contributed by atoms with Crippen LogP contribution in [0.15, 0.2) is 0 Å². The van der Waals surface area contributed by atoms with Crippen LogP contribution in [0.25, 0.3) is 0 Å². The lowest BCUT2D eigenvalue weighted by atomic mass is 9.93. The Morgan fingerprint density at radius 1 is 1.27 bits per heavy atom. The lowest BCUT2D eigenvalue weighted by molar-refractivity contribution is 0.357. The number of sulfone groups is 1. The van der Waals surface area contributed by atoms with Gasteiger partial charge in [-0.1, -0.05) is 13.8 Å². The van der Waals surface area contributed by atoms with Gasteiger partial charge in [0.15, 0.2) is 0 Å². The Morgan fingerprint density at radius 3 is 2.33 bits per heavy atom. The molecule has 0 amide bonds. The second-order valence-corrected chi connectivity index (χ2v) is 7.32. The van der Waals surface area contributed by atoms with Crippen molar-refractivity contribution in [2.45, 2.75) is 39.2 Å². The van der Waals surface area contributed by atoms with Crippen molar-refractivity contribution in [3.05, 3.63) is 0 Å². The number of rotatable bonds is 7. The Labute approximate surface area is 93.6 Å². The first-order chi connectivity index (χ1) is 6.88. The maximum Gasteiger partial charge on any atom is 0.147 e. The van der Waals surface area contributed by atoms with E-state index >= 15 is 0 Å². The predicted molar refractivity (Wildman–Crippen MR) is 63.7 cm³/mol. The molecule has 0 aromatic carbocycles. The van der Waals surface area contributed by atoms with Crippen molar-refractivity contribution in [1.82, 2.24) is 5.32 Å². The fourth-order valence-electron chi connectivity index (χ4n) is 1.53. The Balaban J connectivity index is 2.16. The van der Waals surface area contributed by atoms with Gasteiger partial charge in [0.1, 0.15) is 9.84 Å². The summed E-state index contributed by atoms with van der Waals surface area (Å²) >= 11 is 0. The molecule has 0 heterocycles. The number of hydrogen-bond donors (Lipinski definition) is 1. The smallest absolute Gasteiger partial charge is 0.147 e. The van der Waals surface area contributed by atoms with Crippen LogP contribution in [0.5, 0.6) is 0 Å². The first-order valence-electron chi connectivity index (χ1n) is 5.79. The van der Waals surface area contributed by atoms with Crippen LogP contribution in [0, 0.1) is 11.8 Å². The Kier molecular flexibility index (Phi) is 4.59. The molecule has 0 radical (unpaired) electrons. The summed E-state index contributed by atoms with van der Waals surface area (Å²) in [5.74, 6) is 1.36. The fraction of sp³-hybridized carbons (Fsp3) is 1.00. The quantitative estimate of drug-likeness (QED) is 0.724. The summed E-state index contributed by atoms with van der Waals surface area (Å²) in [6.07, 6.45) is 4.72. The van der Waals surface area contributed by atoms with Gasteiger partial charge in [0.05, 0.1) is 5.75 Å². The van der Waals surface area contributed by atoms with E-state index in [1.807, 2.05) is 0 Å². The summed E-state index contributed by atoms with van der Waals surface area (Å²) in [5.41, 5.74) is 0. The lowest BCUT2D eigenvalue weighted by Gasteiger charge is -2.19. The predicted octanol–water partition coefficient (Wildman–Crippen LogP) is 1.45. The molecule has 2 unspecified atom stereocenters. The van der Waals surface area contributed by atoms with E-state index < -0.39 is 9.84 Å². The Morgan fingerprint density at radius 2 is 1.87 bits per heavy atom. The van der Waals surface area contributed by atoms with E-state index in [1.54, 1.807) is 0 Å². The first kappa shape index (κ1) is 13.0. The van der Waals surface area contributed by atoms with Gasteiger partial charge < -0.3 is 5.32 Å². The molecular weight excluding hydrogens is 210 g/mol. The molecule has 2 atom stereocenters. The average Bonchev–Trinajstić information content (AvgIpc) is 2.92. The summed E-state index contributed by atoms with van der Waals surface area (Å²) < 4.78 is 22.0. The van der Waals surface area contributed by atoms with E-state index in [0.29, 0.717) is 17.6 Å². The molecular formula is C11H23NO2S. The maximum atomic E-state index is 11.0. The van der Waals surface area contributed by atoms with Crippen molar-refractivity contribution in [2.75, 3.05) is 18.6 Å². The van der Waals surface area contributed by atoms with Crippen LogP contribution in [-0.4, -0.2) is 33.0 Å². The third-order valence-corrected chi connectivity index (χ3v) is 4.20. The lowest BCUT2D eigenvalue weighted by Crippen LogP contribution is -2.27. The molecule has 1 fully saturated rings. The first-order valence-corrected chi connectivity index (χ1v) is 7.85. The molecule has 4 heteroatoms. The zero-order valence-electron chi connectivity index (χ0n) is 9.99. The van der Waals surface area contributed by atoms with Gasteiger partial charge in [0, 0.05) is 12.3 Å². The van der Waals surface area contributed by atoms with Crippen LogP contribution in [0.2, 0.25) is 0 Å². The normalized spacial score (nSPS) is 21.3. The average molecular weight is 233 g/mol. The van der Waals surface area contributed by atoms with Gasteiger partial charge in [-0.15, -0.1) is 0 Å². The van der Waals surface area contributed by atoms with Gasteiger partial charge in [0.2, 0.25) is 0 Å². The van der Waals surface area contributed by atoms with Crippen molar-refractivity contribution < 1.29 is 8.42 Å². The zero-order valence-corrected chi connectivity index (χ0v) is 10.8. The van der Waals surface area contributed by atoms with Gasteiger partial charge in [-0.3, -0.25) is 0 Å². The molecule has 1 aliphatic carbocycles. The molecule has 3 nitrogen and oxygen atoms in total. The minimum absolute atomic E-state index is 0.321. The van der Waals surface area contributed by atoms with Gasteiger partial charge in [-0.25, -0.2) is 8.42 Å². The molecule has 0 spiro atoms. The molecule has 1 saturated carbocycles. The van der Waals surface area contributed by atoms with Crippen molar-refractivity contribution >= 4 is 9.84 Å². The van der Waals surface area contributed by atoms with Gasteiger partial charge in [0.25, 0.3) is 0 Å². The van der Waals surface area contributed by atoms with Crippen LogP contribution < -0.4 is 5.32 Å². The summed E-state index contributed by atoms with van der Waals surface area (Å²) in [6, 6.07) is 0.745. The molecule has 1 aliphatic rings. The minimum Gasteiger partial charge on any atom is -0.314 e.